The van der Waals surface area contributed by atoms with Gasteiger partial charge in [0.25, 0.3) is 0 Å². The highest BCUT2D eigenvalue weighted by atomic mass is 14.0. The van der Waals surface area contributed by atoms with Crippen molar-refractivity contribution < 1.29 is 0 Å². The monoisotopic (exact) mass is 244 g/mol. The van der Waals surface area contributed by atoms with Gasteiger partial charge in [-0.3, -0.25) is 0 Å². The smallest absolute Gasteiger partial charge is 0.0184 e. The summed E-state index contributed by atoms with van der Waals surface area (Å²) in [5.41, 5.74) is 2.28. The summed E-state index contributed by atoms with van der Waals surface area (Å²) in [5.74, 6) is 0. The van der Waals surface area contributed by atoms with Crippen molar-refractivity contribution in [2.75, 3.05) is 0 Å². The molecule has 0 fully saturated rings. The van der Waals surface area contributed by atoms with Crippen LogP contribution in [0, 0.1) is 0 Å². The maximum absolute atomic E-state index is 3.80. The van der Waals surface area contributed by atoms with Gasteiger partial charge in [-0.1, -0.05) is 65.2 Å². The van der Waals surface area contributed by atoms with Gasteiger partial charge in [0.1, 0.15) is 0 Å². The summed E-state index contributed by atoms with van der Waals surface area (Å²) in [4.78, 5) is 0. The summed E-state index contributed by atoms with van der Waals surface area (Å²) >= 11 is 0. The molecule has 1 rings (SSSR count). The van der Waals surface area contributed by atoms with E-state index in [0.29, 0.717) is 0 Å². The molecule has 0 radical (unpaired) electrons. The van der Waals surface area contributed by atoms with Gasteiger partial charge in [-0.2, -0.15) is 0 Å². The van der Waals surface area contributed by atoms with Crippen molar-refractivity contribution in [2.24, 2.45) is 0 Å². The van der Waals surface area contributed by atoms with Crippen LogP contribution in [0.2, 0.25) is 0 Å². The Morgan fingerprint density at radius 3 is 1.17 bits per heavy atom. The molecule has 0 aliphatic rings. The first-order valence-electron chi connectivity index (χ1n) is 6.78. The average molecular weight is 244 g/mol. The second-order valence-electron chi connectivity index (χ2n) is 3.10. The summed E-state index contributed by atoms with van der Waals surface area (Å²) in [6.07, 6.45) is 7.94. The van der Waals surface area contributed by atoms with Crippen molar-refractivity contribution in [3.05, 3.63) is 46.9 Å². The van der Waals surface area contributed by atoms with E-state index in [4.69, 9.17) is 0 Å². The first-order chi connectivity index (χ1) is 8.76. The van der Waals surface area contributed by atoms with Crippen LogP contribution in [-0.2, 0) is 0 Å². The van der Waals surface area contributed by atoms with E-state index in [1.165, 1.54) is 10.4 Å². The minimum atomic E-state index is 1.14. The van der Waals surface area contributed by atoms with Crippen molar-refractivity contribution in [3.8, 4) is 0 Å². The predicted molar refractivity (Wildman–Crippen MR) is 88.8 cm³/mol. The summed E-state index contributed by atoms with van der Waals surface area (Å²) in [5, 5.41) is 2.49. The summed E-state index contributed by atoms with van der Waals surface area (Å²) in [7, 11) is 0. The molecule has 0 unspecified atom stereocenters. The third-order valence-electron chi connectivity index (χ3n) is 2.35. The normalized spacial score (nSPS) is 10.8. The van der Waals surface area contributed by atoms with Crippen LogP contribution in [0.1, 0.15) is 52.7 Å². The van der Waals surface area contributed by atoms with Crippen LogP contribution >= 0.6 is 0 Å². The molecular formula is C18H28. The summed E-state index contributed by atoms with van der Waals surface area (Å²) in [6, 6.07) is 4.28. The first-order valence-corrected chi connectivity index (χ1v) is 6.78. The minimum Gasteiger partial charge on any atom is -0.0984 e. The van der Waals surface area contributed by atoms with Crippen LogP contribution in [0.5, 0.6) is 0 Å². The van der Waals surface area contributed by atoms with Gasteiger partial charge in [-0.15, -0.1) is 0 Å². The van der Waals surface area contributed by atoms with Crippen molar-refractivity contribution >= 4 is 24.3 Å². The van der Waals surface area contributed by atoms with Crippen LogP contribution in [0.4, 0.5) is 0 Å². The van der Waals surface area contributed by atoms with E-state index in [1.54, 1.807) is 0 Å². The van der Waals surface area contributed by atoms with Crippen molar-refractivity contribution in [2.45, 2.75) is 41.5 Å². The minimum absolute atomic E-state index is 1.14. The predicted octanol–water partition coefficient (Wildman–Crippen LogP) is 4.63. The zero-order valence-electron chi connectivity index (χ0n) is 12.9. The maximum atomic E-state index is 3.80. The highest BCUT2D eigenvalue weighted by Crippen LogP contribution is 2.06. The van der Waals surface area contributed by atoms with Crippen molar-refractivity contribution in [1.29, 1.82) is 0 Å². The molecule has 0 nitrogen and oxygen atoms in total. The van der Waals surface area contributed by atoms with Crippen molar-refractivity contribution in [3.63, 3.8) is 0 Å². The number of benzene rings is 1. The van der Waals surface area contributed by atoms with Gasteiger partial charge in [0.15, 0.2) is 0 Å². The van der Waals surface area contributed by atoms with Gasteiger partial charge < -0.3 is 0 Å². The number of rotatable bonds is 2. The summed E-state index contributed by atoms with van der Waals surface area (Å²) in [6.45, 7) is 19.7. The molecule has 0 spiro atoms. The highest BCUT2D eigenvalue weighted by Gasteiger charge is 1.95. The molecule has 1 aromatic carbocycles. The standard InChI is InChI=1S/C14H16.2C2H6/c1-5-11-9-13(7-3)14(8-4)10-12(11)6-2;2*1-2/h5-10H,1-2H2,3-4H3;2*1-2H3/b13-7-,14-8-;;. The Bertz CT molecular complexity index is 417. The van der Waals surface area contributed by atoms with Crippen LogP contribution in [0.3, 0.4) is 0 Å². The lowest BCUT2D eigenvalue weighted by Gasteiger charge is -2.01. The molecular weight excluding hydrogens is 216 g/mol. The lowest BCUT2D eigenvalue weighted by atomic mass is 10.0. The second kappa shape index (κ2) is 11.9. The Balaban J connectivity index is 0. The van der Waals surface area contributed by atoms with E-state index in [2.05, 4.69) is 37.4 Å². The Morgan fingerprint density at radius 1 is 0.722 bits per heavy atom. The maximum Gasteiger partial charge on any atom is -0.0184 e. The molecule has 1 aromatic rings. The highest BCUT2D eigenvalue weighted by molar-refractivity contribution is 5.64. The SMILES string of the molecule is C=Cc1cc(=C/C)/c(=C\C)cc1C=C.CC.CC. The molecule has 18 heavy (non-hydrogen) atoms. The number of hydrogen-bond acceptors (Lipinski definition) is 0. The molecule has 100 valence electrons. The zero-order valence-corrected chi connectivity index (χ0v) is 12.9. The lowest BCUT2D eigenvalue weighted by molar-refractivity contribution is 1.46. The first kappa shape index (κ1) is 18.8. The molecule has 0 heterocycles. The van der Waals surface area contributed by atoms with Gasteiger partial charge in [0.05, 0.1) is 0 Å². The third-order valence-corrected chi connectivity index (χ3v) is 2.35. The Labute approximate surface area is 113 Å². The van der Waals surface area contributed by atoms with Gasteiger partial charge in [-0.25, -0.2) is 0 Å². The van der Waals surface area contributed by atoms with Crippen LogP contribution in [0.15, 0.2) is 25.3 Å². The molecule has 0 aliphatic heterocycles. The van der Waals surface area contributed by atoms with Gasteiger partial charge in [0, 0.05) is 0 Å². The Hall–Kier alpha value is -1.56. The van der Waals surface area contributed by atoms with E-state index in [-0.39, 0.29) is 0 Å². The molecule has 0 N–H and O–H groups in total. The molecule has 0 saturated heterocycles. The fraction of sp³-hybridized carbons (Fsp3) is 0.333. The van der Waals surface area contributed by atoms with E-state index in [1.807, 2.05) is 53.7 Å². The Kier molecular flexibility index (Phi) is 12.4. The van der Waals surface area contributed by atoms with E-state index in [9.17, 15) is 0 Å². The lowest BCUT2D eigenvalue weighted by Crippen LogP contribution is -2.24. The fourth-order valence-electron chi connectivity index (χ4n) is 1.52. The van der Waals surface area contributed by atoms with Crippen LogP contribution < -0.4 is 10.4 Å². The fourth-order valence-corrected chi connectivity index (χ4v) is 1.52. The molecule has 0 aromatic heterocycles. The van der Waals surface area contributed by atoms with Gasteiger partial charge >= 0.3 is 0 Å². The topological polar surface area (TPSA) is 0 Å². The average Bonchev–Trinajstić information content (AvgIpc) is 2.49. The van der Waals surface area contributed by atoms with Crippen LogP contribution in [-0.4, -0.2) is 0 Å². The third kappa shape index (κ3) is 5.18. The Morgan fingerprint density at radius 2 is 1.00 bits per heavy atom. The molecule has 0 bridgehead atoms. The second-order valence-corrected chi connectivity index (χ2v) is 3.10. The molecule has 0 saturated carbocycles. The quantitative estimate of drug-likeness (QED) is 0.712. The molecule has 0 heteroatoms. The zero-order chi connectivity index (χ0) is 14.6. The van der Waals surface area contributed by atoms with Crippen LogP contribution in [0.25, 0.3) is 24.3 Å². The van der Waals surface area contributed by atoms with Gasteiger partial charge in [-0.05, 0) is 47.5 Å². The van der Waals surface area contributed by atoms with Gasteiger partial charge in [0.2, 0.25) is 0 Å². The largest absolute Gasteiger partial charge is 0.0984 e. The van der Waals surface area contributed by atoms with E-state index < -0.39 is 0 Å². The molecule has 0 amide bonds. The molecule has 0 atom stereocenters. The molecule has 0 aliphatic carbocycles. The number of hydrogen-bond donors (Lipinski definition) is 0. The van der Waals surface area contributed by atoms with Crippen molar-refractivity contribution in [1.82, 2.24) is 0 Å². The van der Waals surface area contributed by atoms with E-state index >= 15 is 0 Å². The summed E-state index contributed by atoms with van der Waals surface area (Å²) < 4.78 is 0. The van der Waals surface area contributed by atoms with E-state index in [0.717, 1.165) is 11.1 Å².